The van der Waals surface area contributed by atoms with Crippen molar-refractivity contribution in [3.8, 4) is 0 Å². The average Bonchev–Trinajstić information content (AvgIpc) is 2.45. The molecule has 0 aromatic rings. The Hall–Kier alpha value is -0.610. The molecule has 1 atom stereocenters. The molecule has 0 aromatic carbocycles. The zero-order chi connectivity index (χ0) is 13.5. The summed E-state index contributed by atoms with van der Waals surface area (Å²) in [5.41, 5.74) is 0. The molecule has 0 aliphatic carbocycles. The monoisotopic (exact) mass is 255 g/mol. The summed E-state index contributed by atoms with van der Waals surface area (Å²) in [4.78, 5) is 16.6. The molecule has 0 bridgehead atoms. The number of rotatable bonds is 5. The van der Waals surface area contributed by atoms with E-state index < -0.39 is 0 Å². The van der Waals surface area contributed by atoms with Crippen LogP contribution in [0, 0.1) is 0 Å². The van der Waals surface area contributed by atoms with Crippen molar-refractivity contribution in [2.24, 2.45) is 0 Å². The summed E-state index contributed by atoms with van der Waals surface area (Å²) < 4.78 is 0. The van der Waals surface area contributed by atoms with Gasteiger partial charge in [-0.05, 0) is 39.9 Å². The molecule has 0 radical (unpaired) electrons. The van der Waals surface area contributed by atoms with E-state index in [0.717, 1.165) is 39.0 Å². The fraction of sp³-hybridized carbons (Fsp3) is 0.929. The molecule has 1 fully saturated rings. The standard InChI is InChI=1S/C14H29N3O/c1-12(2)15-8-5-7-14(18)17-10-6-9-16(4)11-13(17)3/h12-13,15H,5-11H2,1-4H3. The predicted octanol–water partition coefficient (Wildman–Crippen LogP) is 1.32. The second kappa shape index (κ2) is 7.74. The minimum atomic E-state index is 0.323. The molecule has 1 aliphatic heterocycles. The topological polar surface area (TPSA) is 35.6 Å². The van der Waals surface area contributed by atoms with Gasteiger partial charge in [0, 0.05) is 31.6 Å². The number of hydrogen-bond acceptors (Lipinski definition) is 3. The highest BCUT2D eigenvalue weighted by Crippen LogP contribution is 2.10. The molecule has 0 aromatic heterocycles. The van der Waals surface area contributed by atoms with Crippen molar-refractivity contribution in [3.63, 3.8) is 0 Å². The van der Waals surface area contributed by atoms with Gasteiger partial charge in [-0.25, -0.2) is 0 Å². The number of amides is 1. The van der Waals surface area contributed by atoms with E-state index in [4.69, 9.17) is 0 Å². The molecule has 106 valence electrons. The van der Waals surface area contributed by atoms with E-state index in [9.17, 15) is 4.79 Å². The lowest BCUT2D eigenvalue weighted by Crippen LogP contribution is -2.42. The van der Waals surface area contributed by atoms with Gasteiger partial charge in [0.2, 0.25) is 5.91 Å². The van der Waals surface area contributed by atoms with Gasteiger partial charge in [0.25, 0.3) is 0 Å². The summed E-state index contributed by atoms with van der Waals surface area (Å²) in [6.45, 7) is 10.4. The van der Waals surface area contributed by atoms with Crippen LogP contribution in [-0.2, 0) is 4.79 Å². The van der Waals surface area contributed by atoms with E-state index in [1.165, 1.54) is 0 Å². The first-order chi connectivity index (χ1) is 8.50. The van der Waals surface area contributed by atoms with Gasteiger partial charge >= 0.3 is 0 Å². The maximum atomic E-state index is 12.2. The zero-order valence-corrected chi connectivity index (χ0v) is 12.4. The third kappa shape index (κ3) is 5.36. The lowest BCUT2D eigenvalue weighted by Gasteiger charge is -2.28. The van der Waals surface area contributed by atoms with Gasteiger partial charge in [0.1, 0.15) is 0 Å². The molecule has 1 N–H and O–H groups in total. The molecule has 18 heavy (non-hydrogen) atoms. The third-order valence-corrected chi connectivity index (χ3v) is 3.49. The molecule has 1 heterocycles. The van der Waals surface area contributed by atoms with Crippen LogP contribution >= 0.6 is 0 Å². The lowest BCUT2D eigenvalue weighted by atomic mass is 10.2. The zero-order valence-electron chi connectivity index (χ0n) is 12.4. The number of hydrogen-bond donors (Lipinski definition) is 1. The van der Waals surface area contributed by atoms with Crippen LogP contribution in [0.1, 0.15) is 40.0 Å². The number of nitrogens with zero attached hydrogens (tertiary/aromatic N) is 2. The first-order valence-electron chi connectivity index (χ1n) is 7.22. The molecule has 1 rings (SSSR count). The summed E-state index contributed by atoms with van der Waals surface area (Å²) >= 11 is 0. The Morgan fingerprint density at radius 1 is 1.39 bits per heavy atom. The predicted molar refractivity (Wildman–Crippen MR) is 75.7 cm³/mol. The van der Waals surface area contributed by atoms with Crippen LogP contribution in [0.2, 0.25) is 0 Å². The highest BCUT2D eigenvalue weighted by atomic mass is 16.2. The van der Waals surface area contributed by atoms with Crippen LogP contribution in [0.15, 0.2) is 0 Å². The summed E-state index contributed by atoms with van der Waals surface area (Å²) in [7, 11) is 2.14. The van der Waals surface area contributed by atoms with Crippen LogP contribution in [0.25, 0.3) is 0 Å². The smallest absolute Gasteiger partial charge is 0.222 e. The Labute approximate surface area is 112 Å². The Morgan fingerprint density at radius 3 is 2.78 bits per heavy atom. The van der Waals surface area contributed by atoms with Crippen LogP contribution in [0.3, 0.4) is 0 Å². The second-order valence-corrected chi connectivity index (χ2v) is 5.76. The van der Waals surface area contributed by atoms with Gasteiger partial charge < -0.3 is 15.1 Å². The minimum absolute atomic E-state index is 0.323. The van der Waals surface area contributed by atoms with Crippen LogP contribution < -0.4 is 5.32 Å². The van der Waals surface area contributed by atoms with E-state index in [-0.39, 0.29) is 0 Å². The molecule has 1 amide bonds. The van der Waals surface area contributed by atoms with Crippen LogP contribution in [0.5, 0.6) is 0 Å². The minimum Gasteiger partial charge on any atom is -0.339 e. The van der Waals surface area contributed by atoms with E-state index in [1.807, 2.05) is 0 Å². The summed E-state index contributed by atoms with van der Waals surface area (Å²) in [6.07, 6.45) is 2.71. The Morgan fingerprint density at radius 2 is 2.11 bits per heavy atom. The number of likely N-dealkylation sites (N-methyl/N-ethyl adjacent to an activating group) is 1. The fourth-order valence-corrected chi connectivity index (χ4v) is 2.52. The van der Waals surface area contributed by atoms with E-state index in [2.05, 4.69) is 42.9 Å². The Balaban J connectivity index is 2.31. The van der Waals surface area contributed by atoms with Gasteiger partial charge in [-0.3, -0.25) is 4.79 Å². The summed E-state index contributed by atoms with van der Waals surface area (Å²) in [6, 6.07) is 0.855. The molecule has 4 nitrogen and oxygen atoms in total. The van der Waals surface area contributed by atoms with Gasteiger partial charge in [-0.1, -0.05) is 13.8 Å². The second-order valence-electron chi connectivity index (χ2n) is 5.76. The first kappa shape index (κ1) is 15.4. The molecule has 1 saturated heterocycles. The lowest BCUT2D eigenvalue weighted by molar-refractivity contribution is -0.133. The quantitative estimate of drug-likeness (QED) is 0.753. The van der Waals surface area contributed by atoms with Gasteiger partial charge in [-0.2, -0.15) is 0 Å². The van der Waals surface area contributed by atoms with Crippen LogP contribution in [0.4, 0.5) is 0 Å². The highest BCUT2D eigenvalue weighted by Gasteiger charge is 2.23. The fourth-order valence-electron chi connectivity index (χ4n) is 2.52. The molecule has 1 aliphatic rings. The van der Waals surface area contributed by atoms with Crippen molar-refractivity contribution in [1.82, 2.24) is 15.1 Å². The van der Waals surface area contributed by atoms with E-state index in [0.29, 0.717) is 24.4 Å². The number of nitrogens with one attached hydrogen (secondary N) is 1. The van der Waals surface area contributed by atoms with Crippen molar-refractivity contribution < 1.29 is 4.79 Å². The van der Waals surface area contributed by atoms with Crippen LogP contribution in [-0.4, -0.2) is 61.0 Å². The average molecular weight is 255 g/mol. The molecule has 0 spiro atoms. The SMILES string of the molecule is CC(C)NCCCC(=O)N1CCCN(C)CC1C. The molecular formula is C14H29N3O. The number of carbonyl (C=O) groups is 1. The maximum absolute atomic E-state index is 12.2. The van der Waals surface area contributed by atoms with Crippen molar-refractivity contribution in [1.29, 1.82) is 0 Å². The highest BCUT2D eigenvalue weighted by molar-refractivity contribution is 5.76. The first-order valence-corrected chi connectivity index (χ1v) is 7.22. The largest absolute Gasteiger partial charge is 0.339 e. The third-order valence-electron chi connectivity index (χ3n) is 3.49. The van der Waals surface area contributed by atoms with E-state index >= 15 is 0 Å². The van der Waals surface area contributed by atoms with Gasteiger partial charge in [0.15, 0.2) is 0 Å². The number of carbonyl (C=O) groups excluding carboxylic acids is 1. The van der Waals surface area contributed by atoms with Crippen molar-refractivity contribution in [2.75, 3.05) is 33.2 Å². The Bertz CT molecular complexity index is 255. The molecular weight excluding hydrogens is 226 g/mol. The van der Waals surface area contributed by atoms with Crippen molar-refractivity contribution >= 4 is 5.91 Å². The maximum Gasteiger partial charge on any atom is 0.222 e. The molecule has 1 unspecified atom stereocenters. The Kier molecular flexibility index (Phi) is 6.65. The van der Waals surface area contributed by atoms with Gasteiger partial charge in [-0.15, -0.1) is 0 Å². The van der Waals surface area contributed by atoms with Gasteiger partial charge in [0.05, 0.1) is 0 Å². The summed E-state index contributed by atoms with van der Waals surface area (Å²) in [5, 5.41) is 3.36. The van der Waals surface area contributed by atoms with Crippen molar-refractivity contribution in [3.05, 3.63) is 0 Å². The van der Waals surface area contributed by atoms with Crippen molar-refractivity contribution in [2.45, 2.75) is 52.1 Å². The normalized spacial score (nSPS) is 22.3. The molecule has 4 heteroatoms. The molecule has 0 saturated carbocycles. The van der Waals surface area contributed by atoms with E-state index in [1.54, 1.807) is 0 Å². The summed E-state index contributed by atoms with van der Waals surface area (Å²) in [5.74, 6) is 0.323.